The molecular formula is C51H35FN2. The highest BCUT2D eigenvalue weighted by Crippen LogP contribution is 2.56. The monoisotopic (exact) mass is 694 g/mol. The van der Waals surface area contributed by atoms with Gasteiger partial charge in [-0.05, 0) is 136 Å². The SMILES string of the molecule is Fc1ccc(-n2c3ccccc3c3cc(-c4cccc(N(c5ccccc5)c5ccc6c(c5)C5(Cc7ccccc7C5)c5ccccc5-6)c4)ccc32)cc1. The van der Waals surface area contributed by atoms with Crippen LogP contribution in [0, 0.1) is 5.82 Å². The second kappa shape index (κ2) is 11.9. The summed E-state index contributed by atoms with van der Waals surface area (Å²) in [5, 5.41) is 2.33. The molecule has 0 aliphatic heterocycles. The number of para-hydroxylation sites is 2. The lowest BCUT2D eigenvalue weighted by Crippen LogP contribution is -2.26. The molecule has 11 rings (SSSR count). The predicted octanol–water partition coefficient (Wildman–Crippen LogP) is 13.1. The Morgan fingerprint density at radius 3 is 1.93 bits per heavy atom. The average molecular weight is 695 g/mol. The van der Waals surface area contributed by atoms with E-state index in [9.17, 15) is 4.39 Å². The molecule has 2 aliphatic carbocycles. The van der Waals surface area contributed by atoms with Gasteiger partial charge in [-0.3, -0.25) is 0 Å². The quantitative estimate of drug-likeness (QED) is 0.174. The van der Waals surface area contributed by atoms with Gasteiger partial charge in [0.05, 0.1) is 11.0 Å². The van der Waals surface area contributed by atoms with Gasteiger partial charge >= 0.3 is 0 Å². The first-order valence-corrected chi connectivity index (χ1v) is 18.7. The summed E-state index contributed by atoms with van der Waals surface area (Å²) in [6.07, 6.45) is 2.02. The lowest BCUT2D eigenvalue weighted by Gasteiger charge is -2.30. The Balaban J connectivity index is 1.05. The highest BCUT2D eigenvalue weighted by molar-refractivity contribution is 6.10. The van der Waals surface area contributed by atoms with Crippen molar-refractivity contribution < 1.29 is 4.39 Å². The number of fused-ring (bicyclic) bond motifs is 9. The average Bonchev–Trinajstić information content (AvgIpc) is 3.87. The first kappa shape index (κ1) is 30.9. The van der Waals surface area contributed by atoms with Crippen molar-refractivity contribution in [3.05, 3.63) is 216 Å². The summed E-state index contributed by atoms with van der Waals surface area (Å²) in [5.74, 6) is -0.236. The van der Waals surface area contributed by atoms with E-state index in [1.54, 1.807) is 0 Å². The maximum atomic E-state index is 13.9. The number of hydrogen-bond donors (Lipinski definition) is 0. The van der Waals surface area contributed by atoms with Gasteiger partial charge in [-0.2, -0.15) is 0 Å². The maximum Gasteiger partial charge on any atom is 0.123 e. The molecule has 0 N–H and O–H groups in total. The van der Waals surface area contributed by atoms with E-state index in [1.165, 1.54) is 56.3 Å². The lowest BCUT2D eigenvalue weighted by atomic mass is 9.75. The van der Waals surface area contributed by atoms with E-state index in [-0.39, 0.29) is 11.2 Å². The third kappa shape index (κ3) is 4.65. The first-order chi connectivity index (χ1) is 26.6. The van der Waals surface area contributed by atoms with Gasteiger partial charge in [0.15, 0.2) is 0 Å². The van der Waals surface area contributed by atoms with Gasteiger partial charge in [0.2, 0.25) is 0 Å². The minimum absolute atomic E-state index is 0.0850. The highest BCUT2D eigenvalue weighted by Gasteiger charge is 2.47. The zero-order valence-electron chi connectivity index (χ0n) is 29.6. The molecule has 3 heteroatoms. The molecule has 0 saturated carbocycles. The van der Waals surface area contributed by atoms with Crippen molar-refractivity contribution in [2.24, 2.45) is 0 Å². The van der Waals surface area contributed by atoms with Gasteiger partial charge in [0, 0.05) is 38.9 Å². The van der Waals surface area contributed by atoms with E-state index in [4.69, 9.17) is 0 Å². The number of aromatic nitrogens is 1. The molecule has 0 unspecified atom stereocenters. The lowest BCUT2D eigenvalue weighted by molar-refractivity contribution is 0.563. The van der Waals surface area contributed by atoms with Crippen molar-refractivity contribution in [3.8, 4) is 27.9 Å². The molecule has 256 valence electrons. The Morgan fingerprint density at radius 1 is 0.444 bits per heavy atom. The Bertz CT molecular complexity index is 2880. The van der Waals surface area contributed by atoms with E-state index in [2.05, 4.69) is 173 Å². The molecule has 0 radical (unpaired) electrons. The minimum atomic E-state index is -0.236. The fourth-order valence-electron chi connectivity index (χ4n) is 9.45. The van der Waals surface area contributed by atoms with Gasteiger partial charge in [0.1, 0.15) is 5.82 Å². The number of benzene rings is 8. The van der Waals surface area contributed by atoms with Crippen LogP contribution in [0.3, 0.4) is 0 Å². The van der Waals surface area contributed by atoms with Crippen molar-refractivity contribution in [3.63, 3.8) is 0 Å². The molecule has 1 aromatic heterocycles. The smallest absolute Gasteiger partial charge is 0.123 e. The summed E-state index contributed by atoms with van der Waals surface area (Å²) in [6, 6.07) is 66.7. The zero-order valence-corrected chi connectivity index (χ0v) is 29.6. The van der Waals surface area contributed by atoms with E-state index >= 15 is 0 Å². The normalized spacial score (nSPS) is 13.6. The van der Waals surface area contributed by atoms with Gasteiger partial charge in [0.25, 0.3) is 0 Å². The van der Waals surface area contributed by atoms with Crippen LogP contribution < -0.4 is 4.90 Å². The van der Waals surface area contributed by atoms with Crippen LogP contribution in [0.5, 0.6) is 0 Å². The summed E-state index contributed by atoms with van der Waals surface area (Å²) in [7, 11) is 0. The summed E-state index contributed by atoms with van der Waals surface area (Å²) in [6.45, 7) is 0. The minimum Gasteiger partial charge on any atom is -0.310 e. The van der Waals surface area contributed by atoms with Crippen LogP contribution in [0.25, 0.3) is 49.7 Å². The Hall–Kier alpha value is -6.71. The van der Waals surface area contributed by atoms with Crippen molar-refractivity contribution in [1.29, 1.82) is 0 Å². The van der Waals surface area contributed by atoms with Gasteiger partial charge in [-0.15, -0.1) is 0 Å². The fraction of sp³-hybridized carbons (Fsp3) is 0.0588. The first-order valence-electron chi connectivity index (χ1n) is 18.7. The van der Waals surface area contributed by atoms with Gasteiger partial charge < -0.3 is 9.47 Å². The molecule has 2 nitrogen and oxygen atoms in total. The Morgan fingerprint density at radius 2 is 1.09 bits per heavy atom. The molecule has 54 heavy (non-hydrogen) atoms. The molecule has 0 saturated heterocycles. The number of nitrogens with zero attached hydrogens (tertiary/aromatic N) is 2. The highest BCUT2D eigenvalue weighted by atomic mass is 19.1. The molecular weight excluding hydrogens is 660 g/mol. The van der Waals surface area contributed by atoms with E-state index in [1.807, 2.05) is 12.1 Å². The number of hydrogen-bond acceptors (Lipinski definition) is 1. The molecule has 0 atom stereocenters. The summed E-state index contributed by atoms with van der Waals surface area (Å²) >= 11 is 0. The summed E-state index contributed by atoms with van der Waals surface area (Å²) in [5.41, 5.74) is 17.2. The van der Waals surface area contributed by atoms with Crippen LogP contribution in [0.15, 0.2) is 188 Å². The molecule has 8 aromatic carbocycles. The summed E-state index contributed by atoms with van der Waals surface area (Å²) in [4.78, 5) is 2.40. The number of halogens is 1. The molecule has 0 fully saturated rings. The van der Waals surface area contributed by atoms with Crippen molar-refractivity contribution in [2.45, 2.75) is 18.3 Å². The Kier molecular flexibility index (Phi) is 6.81. The molecule has 9 aromatic rings. The van der Waals surface area contributed by atoms with E-state index in [0.29, 0.717) is 0 Å². The fourth-order valence-corrected chi connectivity index (χ4v) is 9.45. The van der Waals surface area contributed by atoms with Crippen LogP contribution >= 0.6 is 0 Å². The van der Waals surface area contributed by atoms with Crippen molar-refractivity contribution in [2.75, 3.05) is 4.90 Å². The number of anilines is 3. The van der Waals surface area contributed by atoms with Crippen LogP contribution in [0.2, 0.25) is 0 Å². The largest absolute Gasteiger partial charge is 0.310 e. The molecule has 2 aliphatic rings. The number of rotatable bonds is 5. The molecule has 0 bridgehead atoms. The zero-order chi connectivity index (χ0) is 35.8. The molecule has 1 heterocycles. The van der Waals surface area contributed by atoms with E-state index in [0.717, 1.165) is 57.8 Å². The second-order valence-corrected chi connectivity index (χ2v) is 14.8. The van der Waals surface area contributed by atoms with Crippen LogP contribution in [-0.2, 0) is 18.3 Å². The second-order valence-electron chi connectivity index (χ2n) is 14.8. The third-order valence-corrected chi connectivity index (χ3v) is 11.8. The Labute approximate surface area is 314 Å². The standard InChI is InChI=1S/C51H35FN2/c52-38-22-24-40(25-23-38)54-49-20-9-7-18-45(49)46-30-35(21-28-50(46)54)34-13-10-16-41(29-34)53(39-14-2-1-3-15-39)42-26-27-44-43-17-6-8-19-47(43)51(48(44)31-42)32-36-11-4-5-12-37(36)33-51/h1-31H,32-33H2. The van der Waals surface area contributed by atoms with E-state index < -0.39 is 0 Å². The van der Waals surface area contributed by atoms with Crippen LogP contribution in [0.4, 0.5) is 21.5 Å². The topological polar surface area (TPSA) is 8.17 Å². The van der Waals surface area contributed by atoms with Gasteiger partial charge in [-0.25, -0.2) is 4.39 Å². The third-order valence-electron chi connectivity index (χ3n) is 11.8. The summed E-state index contributed by atoms with van der Waals surface area (Å²) < 4.78 is 16.2. The molecule has 1 spiro atoms. The predicted molar refractivity (Wildman–Crippen MR) is 221 cm³/mol. The van der Waals surface area contributed by atoms with Crippen LogP contribution in [0.1, 0.15) is 22.3 Å². The maximum absolute atomic E-state index is 13.9. The van der Waals surface area contributed by atoms with Gasteiger partial charge in [-0.1, -0.05) is 109 Å². The van der Waals surface area contributed by atoms with Crippen molar-refractivity contribution in [1.82, 2.24) is 4.57 Å². The van der Waals surface area contributed by atoms with Crippen molar-refractivity contribution >= 4 is 38.9 Å². The van der Waals surface area contributed by atoms with Crippen LogP contribution in [-0.4, -0.2) is 4.57 Å². The molecule has 0 amide bonds.